The summed E-state index contributed by atoms with van der Waals surface area (Å²) >= 11 is 0. The highest BCUT2D eigenvalue weighted by Gasteiger charge is 2.25. The molecule has 0 bridgehead atoms. The molecule has 1 aliphatic rings. The maximum atomic E-state index is 12.9. The lowest BCUT2D eigenvalue weighted by molar-refractivity contribution is 0.0913. The van der Waals surface area contributed by atoms with Crippen molar-refractivity contribution in [3.8, 4) is 11.5 Å². The van der Waals surface area contributed by atoms with Crippen LogP contribution in [0.5, 0.6) is 11.5 Å². The number of likely N-dealkylation sites (tertiary alicyclic amines) is 1. The summed E-state index contributed by atoms with van der Waals surface area (Å²) in [6.07, 6.45) is 9.10. The third-order valence-corrected chi connectivity index (χ3v) is 5.28. The van der Waals surface area contributed by atoms with E-state index >= 15 is 0 Å². The van der Waals surface area contributed by atoms with Crippen LogP contribution in [0.25, 0.3) is 6.08 Å². The Labute approximate surface area is 172 Å². The molecule has 1 amide bonds. The van der Waals surface area contributed by atoms with Gasteiger partial charge in [0, 0.05) is 17.7 Å². The number of nitrogens with one attached hydrogen (secondary N) is 1. The number of piperidine rings is 1. The van der Waals surface area contributed by atoms with Crippen molar-refractivity contribution < 1.29 is 18.7 Å². The predicted molar refractivity (Wildman–Crippen MR) is 113 cm³/mol. The molecule has 2 heterocycles. The van der Waals surface area contributed by atoms with E-state index in [1.54, 1.807) is 26.5 Å². The van der Waals surface area contributed by atoms with Gasteiger partial charge >= 0.3 is 0 Å². The van der Waals surface area contributed by atoms with Gasteiger partial charge in [0.05, 0.1) is 26.5 Å². The number of furan rings is 1. The molecule has 6 heteroatoms. The van der Waals surface area contributed by atoms with Crippen LogP contribution in [-0.4, -0.2) is 44.7 Å². The summed E-state index contributed by atoms with van der Waals surface area (Å²) in [4.78, 5) is 15.3. The van der Waals surface area contributed by atoms with Gasteiger partial charge in [0.1, 0.15) is 5.76 Å². The highest BCUT2D eigenvalue weighted by atomic mass is 16.5. The van der Waals surface area contributed by atoms with Crippen LogP contribution >= 0.6 is 0 Å². The first-order valence-corrected chi connectivity index (χ1v) is 10.1. The first kappa shape index (κ1) is 21.0. The van der Waals surface area contributed by atoms with Gasteiger partial charge in [-0.1, -0.05) is 18.6 Å². The van der Waals surface area contributed by atoms with Gasteiger partial charge in [-0.25, -0.2) is 0 Å². The third kappa shape index (κ3) is 5.01. The van der Waals surface area contributed by atoms with Crippen molar-refractivity contribution in [2.45, 2.75) is 32.2 Å². The summed E-state index contributed by atoms with van der Waals surface area (Å²) in [6, 6.07) is 7.44. The largest absolute Gasteiger partial charge is 0.493 e. The number of rotatable bonds is 8. The SMILES string of the molecule is C/C=C/c1cc(C(=O)NCC(c2ccco2)N2CCCCC2)cc(OC)c1OC. The smallest absolute Gasteiger partial charge is 0.251 e. The molecule has 3 rings (SSSR count). The van der Waals surface area contributed by atoms with Gasteiger partial charge in [-0.3, -0.25) is 9.69 Å². The number of carbonyl (C=O) groups is 1. The lowest BCUT2D eigenvalue weighted by atomic mass is 10.1. The average Bonchev–Trinajstić information content (AvgIpc) is 3.28. The highest BCUT2D eigenvalue weighted by Crippen LogP contribution is 2.33. The summed E-state index contributed by atoms with van der Waals surface area (Å²) in [6.45, 7) is 4.44. The maximum Gasteiger partial charge on any atom is 0.251 e. The Morgan fingerprint density at radius 3 is 2.66 bits per heavy atom. The molecule has 1 N–H and O–H groups in total. The number of benzene rings is 1. The molecule has 0 spiro atoms. The Kier molecular flexibility index (Phi) is 7.36. The minimum Gasteiger partial charge on any atom is -0.493 e. The number of ether oxygens (including phenoxy) is 2. The predicted octanol–water partition coefficient (Wildman–Crippen LogP) is 4.29. The summed E-state index contributed by atoms with van der Waals surface area (Å²) in [5, 5.41) is 3.08. The fraction of sp³-hybridized carbons (Fsp3) is 0.435. The Hall–Kier alpha value is -2.73. The number of hydrogen-bond donors (Lipinski definition) is 1. The monoisotopic (exact) mass is 398 g/mol. The lowest BCUT2D eigenvalue weighted by Crippen LogP contribution is -2.40. The first-order valence-electron chi connectivity index (χ1n) is 10.1. The Morgan fingerprint density at radius 1 is 1.24 bits per heavy atom. The molecule has 0 radical (unpaired) electrons. The summed E-state index contributed by atoms with van der Waals surface area (Å²) in [5.41, 5.74) is 1.34. The molecule has 0 saturated carbocycles. The molecule has 1 fully saturated rings. The number of allylic oxidation sites excluding steroid dienone is 1. The minimum absolute atomic E-state index is 0.0319. The van der Waals surface area contributed by atoms with E-state index in [9.17, 15) is 4.79 Å². The molecule has 29 heavy (non-hydrogen) atoms. The van der Waals surface area contributed by atoms with Crippen molar-refractivity contribution in [2.75, 3.05) is 33.9 Å². The van der Waals surface area contributed by atoms with Crippen LogP contribution in [0.1, 0.15) is 53.9 Å². The number of hydrogen-bond acceptors (Lipinski definition) is 5. The normalized spacial score (nSPS) is 16.0. The van der Waals surface area contributed by atoms with Crippen LogP contribution in [0.3, 0.4) is 0 Å². The van der Waals surface area contributed by atoms with E-state index in [2.05, 4.69) is 10.2 Å². The minimum atomic E-state index is -0.148. The standard InChI is InChI=1S/C23H30N2O4/c1-4-9-17-14-18(15-21(27-2)22(17)28-3)23(26)24-16-19(20-10-8-13-29-20)25-11-6-5-7-12-25/h4,8-10,13-15,19H,5-7,11-12,16H2,1-3H3,(H,24,26)/b9-4+. The molecule has 1 saturated heterocycles. The summed E-state index contributed by atoms with van der Waals surface area (Å²) in [5.74, 6) is 1.88. The van der Waals surface area contributed by atoms with Gasteiger partial charge in [-0.2, -0.15) is 0 Å². The molecule has 2 aromatic rings. The zero-order chi connectivity index (χ0) is 20.6. The van der Waals surface area contributed by atoms with E-state index in [1.807, 2.05) is 37.3 Å². The number of methoxy groups -OCH3 is 2. The van der Waals surface area contributed by atoms with Gasteiger partial charge in [-0.15, -0.1) is 0 Å². The van der Waals surface area contributed by atoms with Crippen LogP contribution in [0.15, 0.2) is 41.0 Å². The molecule has 6 nitrogen and oxygen atoms in total. The fourth-order valence-corrected chi connectivity index (χ4v) is 3.84. The molecule has 1 aliphatic heterocycles. The zero-order valence-corrected chi connectivity index (χ0v) is 17.4. The van der Waals surface area contributed by atoms with E-state index in [-0.39, 0.29) is 11.9 Å². The average molecular weight is 399 g/mol. The van der Waals surface area contributed by atoms with Crippen molar-refractivity contribution in [3.05, 3.63) is 53.5 Å². The van der Waals surface area contributed by atoms with Crippen molar-refractivity contribution in [2.24, 2.45) is 0 Å². The summed E-state index contributed by atoms with van der Waals surface area (Å²) < 4.78 is 16.6. The quantitative estimate of drug-likeness (QED) is 0.719. The Morgan fingerprint density at radius 2 is 2.03 bits per heavy atom. The van der Waals surface area contributed by atoms with Crippen LogP contribution < -0.4 is 14.8 Å². The maximum absolute atomic E-state index is 12.9. The topological polar surface area (TPSA) is 63.9 Å². The molecular weight excluding hydrogens is 368 g/mol. The third-order valence-electron chi connectivity index (χ3n) is 5.28. The van der Waals surface area contributed by atoms with Crippen molar-refractivity contribution in [3.63, 3.8) is 0 Å². The van der Waals surface area contributed by atoms with Gasteiger partial charge in [0.25, 0.3) is 5.91 Å². The second-order valence-electron chi connectivity index (χ2n) is 7.14. The van der Waals surface area contributed by atoms with Crippen molar-refractivity contribution in [1.29, 1.82) is 0 Å². The Bertz CT molecular complexity index is 824. The van der Waals surface area contributed by atoms with E-state index in [0.29, 0.717) is 23.6 Å². The fourth-order valence-electron chi connectivity index (χ4n) is 3.84. The van der Waals surface area contributed by atoms with E-state index in [1.165, 1.54) is 19.3 Å². The second-order valence-corrected chi connectivity index (χ2v) is 7.14. The molecule has 0 aliphatic carbocycles. The number of carbonyl (C=O) groups excluding carboxylic acids is 1. The molecule has 156 valence electrons. The van der Waals surface area contributed by atoms with E-state index < -0.39 is 0 Å². The van der Waals surface area contributed by atoms with Crippen LogP contribution in [0.4, 0.5) is 0 Å². The molecule has 1 unspecified atom stereocenters. The van der Waals surface area contributed by atoms with Gasteiger partial charge in [0.2, 0.25) is 0 Å². The van der Waals surface area contributed by atoms with E-state index in [0.717, 1.165) is 24.4 Å². The van der Waals surface area contributed by atoms with Crippen LogP contribution in [-0.2, 0) is 0 Å². The molecule has 1 atom stereocenters. The number of nitrogens with zero attached hydrogens (tertiary/aromatic N) is 1. The van der Waals surface area contributed by atoms with Gasteiger partial charge < -0.3 is 19.2 Å². The highest BCUT2D eigenvalue weighted by molar-refractivity contribution is 5.96. The van der Waals surface area contributed by atoms with Crippen molar-refractivity contribution in [1.82, 2.24) is 10.2 Å². The van der Waals surface area contributed by atoms with Crippen molar-refractivity contribution >= 4 is 12.0 Å². The van der Waals surface area contributed by atoms with Crippen LogP contribution in [0.2, 0.25) is 0 Å². The molecule has 1 aromatic heterocycles. The zero-order valence-electron chi connectivity index (χ0n) is 17.4. The summed E-state index contributed by atoms with van der Waals surface area (Å²) in [7, 11) is 3.17. The van der Waals surface area contributed by atoms with Gasteiger partial charge in [-0.05, 0) is 57.1 Å². The lowest BCUT2D eigenvalue weighted by Gasteiger charge is -2.33. The van der Waals surface area contributed by atoms with E-state index in [4.69, 9.17) is 13.9 Å². The van der Waals surface area contributed by atoms with Gasteiger partial charge in [0.15, 0.2) is 11.5 Å². The molecular formula is C23H30N2O4. The molecule has 1 aromatic carbocycles. The first-order chi connectivity index (χ1) is 14.2. The second kappa shape index (κ2) is 10.2. The van der Waals surface area contributed by atoms with Crippen LogP contribution in [0, 0.1) is 0 Å². The Balaban J connectivity index is 1.78. The number of amides is 1.